The highest BCUT2D eigenvalue weighted by atomic mass is 16.3. The van der Waals surface area contributed by atoms with Crippen LogP contribution in [0.4, 0.5) is 0 Å². The number of aliphatic hydroxyl groups excluding tert-OH is 1. The van der Waals surface area contributed by atoms with Crippen LogP contribution >= 0.6 is 0 Å². The van der Waals surface area contributed by atoms with E-state index >= 15 is 0 Å². The van der Waals surface area contributed by atoms with Gasteiger partial charge in [0, 0.05) is 5.92 Å². The van der Waals surface area contributed by atoms with E-state index in [1.807, 2.05) is 0 Å². The molecule has 0 heterocycles. The first kappa shape index (κ1) is 11.7. The van der Waals surface area contributed by atoms with Crippen molar-refractivity contribution >= 4 is 0 Å². The maximum absolute atomic E-state index is 10.2. The Labute approximate surface area is 98.5 Å². The summed E-state index contributed by atoms with van der Waals surface area (Å²) in [7, 11) is 0. The first-order valence-corrected chi connectivity index (χ1v) is 6.43. The van der Waals surface area contributed by atoms with Gasteiger partial charge in [0.2, 0.25) is 0 Å². The smallest absolute Gasteiger partial charge is 0.0608 e. The summed E-state index contributed by atoms with van der Waals surface area (Å²) in [6, 6.07) is 6.69. The van der Waals surface area contributed by atoms with Crippen LogP contribution in [0.15, 0.2) is 18.2 Å². The number of rotatable bonds is 1. The average Bonchev–Trinajstić information content (AvgIpc) is 2.41. The summed E-state index contributed by atoms with van der Waals surface area (Å²) in [5, 5.41) is 10.2. The van der Waals surface area contributed by atoms with Crippen molar-refractivity contribution in [1.29, 1.82) is 0 Å². The van der Waals surface area contributed by atoms with Crippen LogP contribution in [-0.2, 0) is 0 Å². The van der Waals surface area contributed by atoms with Gasteiger partial charge in [-0.25, -0.2) is 0 Å². The summed E-state index contributed by atoms with van der Waals surface area (Å²) in [5.74, 6) is 0.362. The molecule has 0 aromatic heterocycles. The van der Waals surface area contributed by atoms with Crippen molar-refractivity contribution in [2.45, 2.75) is 58.0 Å². The molecule has 0 radical (unpaired) electrons. The molecule has 0 bridgehead atoms. The minimum Gasteiger partial charge on any atom is -0.392 e. The second-order valence-electron chi connectivity index (χ2n) is 5.23. The lowest BCUT2D eigenvalue weighted by atomic mass is 9.88. The Morgan fingerprint density at radius 2 is 1.56 bits per heavy atom. The maximum atomic E-state index is 10.2. The van der Waals surface area contributed by atoms with Crippen molar-refractivity contribution in [2.24, 2.45) is 0 Å². The summed E-state index contributed by atoms with van der Waals surface area (Å²) in [6.07, 6.45) is 5.70. The van der Waals surface area contributed by atoms with Gasteiger partial charge in [-0.2, -0.15) is 0 Å². The Balaban J connectivity index is 2.26. The standard InChI is InChI=1S/C15H22O/c1-11-8-12(2)10-13(9-11)14-6-4-3-5-7-15(14)16/h8-10,14-16H,3-7H2,1-2H3. The van der Waals surface area contributed by atoms with Crippen molar-refractivity contribution in [3.63, 3.8) is 0 Å². The topological polar surface area (TPSA) is 20.2 Å². The molecule has 0 amide bonds. The molecule has 2 atom stereocenters. The van der Waals surface area contributed by atoms with E-state index < -0.39 is 0 Å². The highest BCUT2D eigenvalue weighted by Crippen LogP contribution is 2.32. The summed E-state index contributed by atoms with van der Waals surface area (Å²) in [5.41, 5.74) is 3.96. The zero-order valence-corrected chi connectivity index (χ0v) is 10.4. The normalized spacial score (nSPS) is 26.4. The van der Waals surface area contributed by atoms with Crippen LogP contribution in [0.5, 0.6) is 0 Å². The SMILES string of the molecule is Cc1cc(C)cc(C2CCCCCC2O)c1. The van der Waals surface area contributed by atoms with Crippen molar-refractivity contribution in [2.75, 3.05) is 0 Å². The summed E-state index contributed by atoms with van der Waals surface area (Å²) in [4.78, 5) is 0. The highest BCUT2D eigenvalue weighted by molar-refractivity contribution is 5.31. The van der Waals surface area contributed by atoms with Gasteiger partial charge in [0.05, 0.1) is 6.10 Å². The molecular weight excluding hydrogens is 196 g/mol. The molecule has 0 aliphatic heterocycles. The molecule has 1 aliphatic rings. The van der Waals surface area contributed by atoms with Gasteiger partial charge in [0.1, 0.15) is 0 Å². The van der Waals surface area contributed by atoms with E-state index in [1.54, 1.807) is 0 Å². The van der Waals surface area contributed by atoms with Gasteiger partial charge in [-0.3, -0.25) is 0 Å². The first-order valence-electron chi connectivity index (χ1n) is 6.43. The first-order chi connectivity index (χ1) is 7.66. The minimum absolute atomic E-state index is 0.135. The van der Waals surface area contributed by atoms with Crippen molar-refractivity contribution < 1.29 is 5.11 Å². The predicted octanol–water partition coefficient (Wildman–Crippen LogP) is 3.71. The number of hydrogen-bond donors (Lipinski definition) is 1. The van der Waals surface area contributed by atoms with Crippen molar-refractivity contribution in [3.8, 4) is 0 Å². The summed E-state index contributed by atoms with van der Waals surface area (Å²) in [6.45, 7) is 4.28. The van der Waals surface area contributed by atoms with E-state index in [0.29, 0.717) is 5.92 Å². The van der Waals surface area contributed by atoms with Crippen LogP contribution in [0.1, 0.15) is 54.7 Å². The number of benzene rings is 1. The van der Waals surface area contributed by atoms with Gasteiger partial charge >= 0.3 is 0 Å². The van der Waals surface area contributed by atoms with Crippen LogP contribution in [0.3, 0.4) is 0 Å². The molecule has 1 fully saturated rings. The molecule has 2 unspecified atom stereocenters. The van der Waals surface area contributed by atoms with E-state index in [0.717, 1.165) is 12.8 Å². The maximum Gasteiger partial charge on any atom is 0.0608 e. The average molecular weight is 218 g/mol. The monoisotopic (exact) mass is 218 g/mol. The van der Waals surface area contributed by atoms with Crippen LogP contribution in [-0.4, -0.2) is 11.2 Å². The molecule has 1 heteroatoms. The van der Waals surface area contributed by atoms with E-state index in [4.69, 9.17) is 0 Å². The summed E-state index contributed by atoms with van der Waals surface area (Å²) < 4.78 is 0. The van der Waals surface area contributed by atoms with Crippen LogP contribution in [0.25, 0.3) is 0 Å². The van der Waals surface area contributed by atoms with Crippen LogP contribution in [0.2, 0.25) is 0 Å². The van der Waals surface area contributed by atoms with E-state index in [2.05, 4.69) is 32.0 Å². The Morgan fingerprint density at radius 1 is 0.938 bits per heavy atom. The molecular formula is C15H22O. The third-order valence-corrected chi connectivity index (χ3v) is 3.65. The fourth-order valence-electron chi connectivity index (χ4n) is 2.90. The largest absolute Gasteiger partial charge is 0.392 e. The molecule has 88 valence electrons. The lowest BCUT2D eigenvalue weighted by Crippen LogP contribution is -2.17. The molecule has 2 rings (SSSR count). The lowest BCUT2D eigenvalue weighted by molar-refractivity contribution is 0.135. The lowest BCUT2D eigenvalue weighted by Gasteiger charge is -2.21. The molecule has 0 saturated heterocycles. The molecule has 0 spiro atoms. The Morgan fingerprint density at radius 3 is 2.25 bits per heavy atom. The zero-order valence-electron chi connectivity index (χ0n) is 10.4. The zero-order chi connectivity index (χ0) is 11.5. The second-order valence-corrected chi connectivity index (χ2v) is 5.23. The Hall–Kier alpha value is -0.820. The minimum atomic E-state index is -0.135. The van der Waals surface area contributed by atoms with Gasteiger partial charge in [-0.05, 0) is 32.3 Å². The Kier molecular flexibility index (Phi) is 3.65. The number of aliphatic hydroxyl groups is 1. The predicted molar refractivity (Wildman–Crippen MR) is 67.7 cm³/mol. The second kappa shape index (κ2) is 5.01. The molecule has 1 N–H and O–H groups in total. The van der Waals surface area contributed by atoms with Gasteiger partial charge in [-0.1, -0.05) is 48.6 Å². The van der Waals surface area contributed by atoms with Gasteiger partial charge in [0.15, 0.2) is 0 Å². The quantitative estimate of drug-likeness (QED) is 0.712. The van der Waals surface area contributed by atoms with E-state index in [-0.39, 0.29) is 6.10 Å². The van der Waals surface area contributed by atoms with E-state index in [1.165, 1.54) is 36.0 Å². The molecule has 1 aromatic rings. The number of aryl methyl sites for hydroxylation is 2. The number of hydrogen-bond acceptors (Lipinski definition) is 1. The molecule has 1 saturated carbocycles. The molecule has 1 aromatic carbocycles. The van der Waals surface area contributed by atoms with E-state index in [9.17, 15) is 5.11 Å². The van der Waals surface area contributed by atoms with Crippen LogP contribution in [0, 0.1) is 13.8 Å². The highest BCUT2D eigenvalue weighted by Gasteiger charge is 2.23. The van der Waals surface area contributed by atoms with Crippen molar-refractivity contribution in [1.82, 2.24) is 0 Å². The fourth-order valence-corrected chi connectivity index (χ4v) is 2.90. The van der Waals surface area contributed by atoms with Gasteiger partial charge in [0.25, 0.3) is 0 Å². The molecule has 16 heavy (non-hydrogen) atoms. The van der Waals surface area contributed by atoms with Gasteiger partial charge < -0.3 is 5.11 Å². The molecule has 1 aliphatic carbocycles. The summed E-state index contributed by atoms with van der Waals surface area (Å²) >= 11 is 0. The van der Waals surface area contributed by atoms with Crippen LogP contribution < -0.4 is 0 Å². The third-order valence-electron chi connectivity index (χ3n) is 3.65. The fraction of sp³-hybridized carbons (Fsp3) is 0.600. The third kappa shape index (κ3) is 2.65. The Bertz CT molecular complexity index is 336. The molecule has 1 nitrogen and oxygen atoms in total. The van der Waals surface area contributed by atoms with Gasteiger partial charge in [-0.15, -0.1) is 0 Å². The van der Waals surface area contributed by atoms with Crippen molar-refractivity contribution in [3.05, 3.63) is 34.9 Å².